The fourth-order valence-electron chi connectivity index (χ4n) is 1.54. The molecule has 1 aromatic rings. The van der Waals surface area contributed by atoms with Gasteiger partial charge in [0.05, 0.1) is 12.7 Å². The van der Waals surface area contributed by atoms with Crippen LogP contribution in [0.15, 0.2) is 18.2 Å². The summed E-state index contributed by atoms with van der Waals surface area (Å²) < 4.78 is 4.92. The van der Waals surface area contributed by atoms with E-state index < -0.39 is 11.9 Å². The summed E-state index contributed by atoms with van der Waals surface area (Å²) in [6.07, 6.45) is 0. The lowest BCUT2D eigenvalue weighted by Gasteiger charge is -2.14. The number of ether oxygens (including phenoxy) is 1. The molecule has 0 radical (unpaired) electrons. The quantitative estimate of drug-likeness (QED) is 0.730. The van der Waals surface area contributed by atoms with Gasteiger partial charge < -0.3 is 20.5 Å². The second-order valence-corrected chi connectivity index (χ2v) is 3.95. The maximum atomic E-state index is 11.9. The van der Waals surface area contributed by atoms with Crippen molar-refractivity contribution >= 4 is 11.8 Å². The second-order valence-electron chi connectivity index (χ2n) is 3.95. The Morgan fingerprint density at radius 2 is 2.11 bits per heavy atom. The van der Waals surface area contributed by atoms with Crippen LogP contribution in [0.5, 0.6) is 11.5 Å². The molecule has 6 nitrogen and oxygen atoms in total. The Morgan fingerprint density at radius 1 is 1.42 bits per heavy atom. The van der Waals surface area contributed by atoms with Gasteiger partial charge in [0, 0.05) is 6.54 Å². The number of nitrogens with one attached hydrogen (secondary N) is 2. The van der Waals surface area contributed by atoms with Crippen molar-refractivity contribution in [2.45, 2.75) is 19.9 Å². The Bertz CT molecular complexity index is 474. The average molecular weight is 266 g/mol. The SMILES string of the molecule is CCNC(=O)C(C)NC(=O)c1cccc(OC)c1O. The van der Waals surface area contributed by atoms with Gasteiger partial charge in [0.2, 0.25) is 5.91 Å². The van der Waals surface area contributed by atoms with E-state index in [4.69, 9.17) is 4.74 Å². The molecular formula is C13H18N2O4. The monoisotopic (exact) mass is 266 g/mol. The summed E-state index contributed by atoms with van der Waals surface area (Å²) in [5.41, 5.74) is 0.0653. The van der Waals surface area contributed by atoms with E-state index in [1.165, 1.54) is 13.2 Å². The molecule has 1 aromatic carbocycles. The van der Waals surface area contributed by atoms with Gasteiger partial charge in [-0.2, -0.15) is 0 Å². The Kier molecular flexibility index (Phi) is 5.17. The zero-order valence-electron chi connectivity index (χ0n) is 11.2. The van der Waals surface area contributed by atoms with Crippen LogP contribution in [0.4, 0.5) is 0 Å². The minimum absolute atomic E-state index is 0.0653. The molecular weight excluding hydrogens is 248 g/mol. The Labute approximate surface area is 111 Å². The Morgan fingerprint density at radius 3 is 2.68 bits per heavy atom. The standard InChI is InChI=1S/C13H18N2O4/c1-4-14-12(17)8(2)15-13(18)9-6-5-7-10(19-3)11(9)16/h5-8,16H,4H2,1-3H3,(H,14,17)(H,15,18). The maximum absolute atomic E-state index is 11.9. The van der Waals surface area contributed by atoms with Crippen molar-refractivity contribution in [1.82, 2.24) is 10.6 Å². The number of rotatable bonds is 5. The molecule has 0 saturated carbocycles. The van der Waals surface area contributed by atoms with Crippen LogP contribution in [-0.2, 0) is 4.79 Å². The molecule has 0 bridgehead atoms. The summed E-state index contributed by atoms with van der Waals surface area (Å²) in [6, 6.07) is 3.90. The van der Waals surface area contributed by atoms with Crippen molar-refractivity contribution < 1.29 is 19.4 Å². The lowest BCUT2D eigenvalue weighted by molar-refractivity contribution is -0.122. The molecule has 1 rings (SSSR count). The first-order chi connectivity index (χ1) is 9.01. The summed E-state index contributed by atoms with van der Waals surface area (Å²) in [7, 11) is 1.40. The summed E-state index contributed by atoms with van der Waals surface area (Å²) in [5, 5.41) is 14.9. The van der Waals surface area contributed by atoms with Crippen molar-refractivity contribution in [3.63, 3.8) is 0 Å². The van der Waals surface area contributed by atoms with E-state index in [0.29, 0.717) is 6.54 Å². The molecule has 0 aliphatic rings. The number of benzene rings is 1. The number of hydrogen-bond acceptors (Lipinski definition) is 4. The van der Waals surface area contributed by atoms with Crippen molar-refractivity contribution in [1.29, 1.82) is 0 Å². The highest BCUT2D eigenvalue weighted by Gasteiger charge is 2.19. The van der Waals surface area contributed by atoms with Gasteiger partial charge in [-0.25, -0.2) is 0 Å². The predicted molar refractivity (Wildman–Crippen MR) is 70.3 cm³/mol. The topological polar surface area (TPSA) is 87.7 Å². The number of hydrogen-bond donors (Lipinski definition) is 3. The van der Waals surface area contributed by atoms with Crippen LogP contribution < -0.4 is 15.4 Å². The Balaban J connectivity index is 2.81. The van der Waals surface area contributed by atoms with E-state index in [2.05, 4.69) is 10.6 Å². The van der Waals surface area contributed by atoms with Crippen LogP contribution in [0.3, 0.4) is 0 Å². The zero-order valence-corrected chi connectivity index (χ0v) is 11.2. The van der Waals surface area contributed by atoms with Crippen molar-refractivity contribution in [2.75, 3.05) is 13.7 Å². The van der Waals surface area contributed by atoms with Crippen LogP contribution in [-0.4, -0.2) is 36.6 Å². The molecule has 0 aliphatic heterocycles. The highest BCUT2D eigenvalue weighted by Crippen LogP contribution is 2.29. The molecule has 1 atom stereocenters. The molecule has 1 unspecified atom stereocenters. The summed E-state index contributed by atoms with van der Waals surface area (Å²) >= 11 is 0. The van der Waals surface area contributed by atoms with E-state index in [9.17, 15) is 14.7 Å². The average Bonchev–Trinajstić information content (AvgIpc) is 2.39. The van der Waals surface area contributed by atoms with Crippen LogP contribution >= 0.6 is 0 Å². The predicted octanol–water partition coefficient (Wildman–Crippen LogP) is 0.655. The van der Waals surface area contributed by atoms with Gasteiger partial charge in [0.15, 0.2) is 11.5 Å². The molecule has 0 heterocycles. The number of phenols is 1. The van der Waals surface area contributed by atoms with Gasteiger partial charge in [-0.05, 0) is 26.0 Å². The molecule has 6 heteroatoms. The number of para-hydroxylation sites is 1. The summed E-state index contributed by atoms with van der Waals surface area (Å²) in [4.78, 5) is 23.5. The lowest BCUT2D eigenvalue weighted by atomic mass is 10.1. The Hall–Kier alpha value is -2.24. The first-order valence-corrected chi connectivity index (χ1v) is 5.95. The number of carbonyl (C=O) groups is 2. The smallest absolute Gasteiger partial charge is 0.255 e. The third-order valence-electron chi connectivity index (χ3n) is 2.56. The fraction of sp³-hybridized carbons (Fsp3) is 0.385. The highest BCUT2D eigenvalue weighted by molar-refractivity contribution is 6.00. The molecule has 0 saturated heterocycles. The first-order valence-electron chi connectivity index (χ1n) is 5.95. The molecule has 0 aliphatic carbocycles. The number of phenolic OH excluding ortho intramolecular Hbond substituents is 1. The van der Waals surface area contributed by atoms with Crippen LogP contribution in [0.25, 0.3) is 0 Å². The first kappa shape index (κ1) is 14.8. The van der Waals surface area contributed by atoms with E-state index in [-0.39, 0.29) is 23.0 Å². The van der Waals surface area contributed by atoms with Crippen LogP contribution in [0.1, 0.15) is 24.2 Å². The number of amides is 2. The van der Waals surface area contributed by atoms with Gasteiger partial charge >= 0.3 is 0 Å². The zero-order chi connectivity index (χ0) is 14.4. The minimum atomic E-state index is -0.682. The largest absolute Gasteiger partial charge is 0.504 e. The van der Waals surface area contributed by atoms with Gasteiger partial charge in [-0.1, -0.05) is 6.07 Å². The molecule has 0 aromatic heterocycles. The van der Waals surface area contributed by atoms with Crippen LogP contribution in [0, 0.1) is 0 Å². The van der Waals surface area contributed by atoms with Crippen molar-refractivity contribution in [3.8, 4) is 11.5 Å². The molecule has 104 valence electrons. The summed E-state index contributed by atoms with van der Waals surface area (Å²) in [5.74, 6) is -0.850. The second kappa shape index (κ2) is 6.63. The van der Waals surface area contributed by atoms with Gasteiger partial charge in [0.25, 0.3) is 5.91 Å². The number of likely N-dealkylation sites (N-methyl/N-ethyl adjacent to an activating group) is 1. The molecule has 0 spiro atoms. The van der Waals surface area contributed by atoms with E-state index >= 15 is 0 Å². The maximum Gasteiger partial charge on any atom is 0.255 e. The number of carbonyl (C=O) groups excluding carboxylic acids is 2. The molecule has 19 heavy (non-hydrogen) atoms. The van der Waals surface area contributed by atoms with E-state index in [0.717, 1.165) is 0 Å². The van der Waals surface area contributed by atoms with Gasteiger partial charge in [-0.3, -0.25) is 9.59 Å². The molecule has 2 amide bonds. The van der Waals surface area contributed by atoms with Gasteiger partial charge in [0.1, 0.15) is 6.04 Å². The third-order valence-corrected chi connectivity index (χ3v) is 2.56. The molecule has 3 N–H and O–H groups in total. The highest BCUT2D eigenvalue weighted by atomic mass is 16.5. The number of aromatic hydroxyl groups is 1. The summed E-state index contributed by atoms with van der Waals surface area (Å²) in [6.45, 7) is 3.85. The fourth-order valence-corrected chi connectivity index (χ4v) is 1.54. The normalized spacial score (nSPS) is 11.5. The van der Waals surface area contributed by atoms with Gasteiger partial charge in [-0.15, -0.1) is 0 Å². The minimum Gasteiger partial charge on any atom is -0.504 e. The van der Waals surface area contributed by atoms with Crippen LogP contribution in [0.2, 0.25) is 0 Å². The number of methoxy groups -OCH3 is 1. The third kappa shape index (κ3) is 3.61. The molecule has 0 fully saturated rings. The van der Waals surface area contributed by atoms with Crippen molar-refractivity contribution in [3.05, 3.63) is 23.8 Å². The van der Waals surface area contributed by atoms with Crippen molar-refractivity contribution in [2.24, 2.45) is 0 Å². The van der Waals surface area contributed by atoms with E-state index in [1.54, 1.807) is 26.0 Å². The lowest BCUT2D eigenvalue weighted by Crippen LogP contribution is -2.44. The van der Waals surface area contributed by atoms with E-state index in [1.807, 2.05) is 0 Å².